The third kappa shape index (κ3) is 5.83. The van der Waals surface area contributed by atoms with Crippen LogP contribution in [0.4, 0.5) is 11.4 Å². The molecule has 0 unspecified atom stereocenters. The summed E-state index contributed by atoms with van der Waals surface area (Å²) in [5.41, 5.74) is 5.74. The number of benzene rings is 3. The molecule has 5 rings (SSSR count). The molecule has 1 saturated heterocycles. The molecule has 198 valence electrons. The van der Waals surface area contributed by atoms with Gasteiger partial charge in [0.2, 0.25) is 0 Å². The van der Waals surface area contributed by atoms with Gasteiger partial charge in [-0.05, 0) is 43.2 Å². The zero-order valence-electron chi connectivity index (χ0n) is 21.8. The molecule has 1 fully saturated rings. The molecule has 2 aliphatic rings. The van der Waals surface area contributed by atoms with Crippen LogP contribution < -0.4 is 20.1 Å². The minimum absolute atomic E-state index is 0.179. The number of hydrogen-bond acceptors (Lipinski definition) is 6. The van der Waals surface area contributed by atoms with Crippen LogP contribution in [0.2, 0.25) is 0 Å². The van der Waals surface area contributed by atoms with Crippen molar-refractivity contribution in [2.24, 2.45) is 0 Å². The van der Waals surface area contributed by atoms with Crippen LogP contribution in [0.5, 0.6) is 11.5 Å². The fourth-order valence-electron chi connectivity index (χ4n) is 4.78. The van der Waals surface area contributed by atoms with Gasteiger partial charge >= 0.3 is 0 Å². The predicted molar refractivity (Wildman–Crippen MR) is 154 cm³/mol. The standard InChI is InChI=1S/C30H33N3O4S/c1-3-36-26-18-24-25(19-27(26)37-4-2)32-30(34)28(24)29(22-8-6-5-7-9-22)31-23-12-10-21(11-13-23)20-33-14-16-38(35)17-15-33/h5-13,18-19,31H,3-4,14-17,20H2,1-2H3,(H,32,34)/b29-28-. The van der Waals surface area contributed by atoms with Crippen LogP contribution in [-0.4, -0.2) is 53.2 Å². The van der Waals surface area contributed by atoms with E-state index in [0.717, 1.165) is 53.7 Å². The molecule has 0 spiro atoms. The van der Waals surface area contributed by atoms with Crippen LogP contribution in [-0.2, 0) is 22.5 Å². The molecule has 0 bridgehead atoms. The predicted octanol–water partition coefficient (Wildman–Crippen LogP) is 4.98. The number of nitrogens with one attached hydrogen (secondary N) is 2. The minimum atomic E-state index is -0.677. The average Bonchev–Trinajstić information content (AvgIpc) is 3.24. The topological polar surface area (TPSA) is 85.9 Å². The number of hydrogen-bond donors (Lipinski definition) is 2. The van der Waals surface area contributed by atoms with Gasteiger partial charge in [-0.15, -0.1) is 0 Å². The molecule has 7 nitrogen and oxygen atoms in total. The van der Waals surface area contributed by atoms with Gasteiger partial charge in [0.15, 0.2) is 11.5 Å². The first-order valence-corrected chi connectivity index (χ1v) is 14.5. The zero-order valence-corrected chi connectivity index (χ0v) is 22.6. The molecule has 0 saturated carbocycles. The number of carbonyl (C=O) groups is 1. The molecular weight excluding hydrogens is 498 g/mol. The van der Waals surface area contributed by atoms with Crippen LogP contribution in [0.1, 0.15) is 30.5 Å². The second-order valence-electron chi connectivity index (χ2n) is 9.23. The second kappa shape index (κ2) is 11.9. The van der Waals surface area contributed by atoms with Gasteiger partial charge in [0.25, 0.3) is 5.91 Å². The first-order valence-electron chi connectivity index (χ1n) is 13.0. The fraction of sp³-hybridized carbons (Fsp3) is 0.300. The highest BCUT2D eigenvalue weighted by Gasteiger charge is 2.30. The molecule has 8 heteroatoms. The quantitative estimate of drug-likeness (QED) is 0.299. The molecule has 2 aliphatic heterocycles. The van der Waals surface area contributed by atoms with Gasteiger partial charge < -0.3 is 24.7 Å². The minimum Gasteiger partial charge on any atom is -0.616 e. The summed E-state index contributed by atoms with van der Waals surface area (Å²) >= 11 is -0.677. The Morgan fingerprint density at radius 3 is 2.29 bits per heavy atom. The molecule has 3 aromatic rings. The van der Waals surface area contributed by atoms with E-state index in [1.54, 1.807) is 0 Å². The number of carbonyl (C=O) groups excluding carboxylic acids is 1. The summed E-state index contributed by atoms with van der Waals surface area (Å²) in [5.74, 6) is 2.53. The van der Waals surface area contributed by atoms with E-state index in [4.69, 9.17) is 9.47 Å². The Kier molecular flexibility index (Phi) is 8.22. The van der Waals surface area contributed by atoms with Gasteiger partial charge in [-0.3, -0.25) is 9.69 Å². The summed E-state index contributed by atoms with van der Waals surface area (Å²) in [6.07, 6.45) is 0. The molecule has 3 aromatic carbocycles. The van der Waals surface area contributed by atoms with Crippen molar-refractivity contribution in [2.75, 3.05) is 48.4 Å². The highest BCUT2D eigenvalue weighted by Crippen LogP contribution is 2.43. The van der Waals surface area contributed by atoms with Gasteiger partial charge in [0.1, 0.15) is 11.5 Å². The normalized spacial score (nSPS) is 17.1. The van der Waals surface area contributed by atoms with Gasteiger partial charge in [-0.1, -0.05) is 53.6 Å². The Balaban J connectivity index is 1.48. The summed E-state index contributed by atoms with van der Waals surface area (Å²) in [5, 5.41) is 6.54. The molecule has 1 amide bonds. The lowest BCUT2D eigenvalue weighted by molar-refractivity contribution is -0.110. The van der Waals surface area contributed by atoms with Crippen molar-refractivity contribution < 1.29 is 18.8 Å². The van der Waals surface area contributed by atoms with Crippen LogP contribution in [0.3, 0.4) is 0 Å². The monoisotopic (exact) mass is 531 g/mol. The molecule has 38 heavy (non-hydrogen) atoms. The fourth-order valence-corrected chi connectivity index (χ4v) is 5.90. The zero-order chi connectivity index (χ0) is 26.5. The Bertz CT molecular complexity index is 1300. The third-order valence-corrected chi connectivity index (χ3v) is 7.92. The van der Waals surface area contributed by atoms with Crippen LogP contribution in [0, 0.1) is 0 Å². The number of ether oxygens (including phenoxy) is 2. The SMILES string of the molecule is CCOc1cc2c(cc1OCC)/C(=C(/Nc1ccc(CN3CC[S+]([O-])CC3)cc1)c1ccccc1)C(=O)N2. The van der Waals surface area contributed by atoms with Crippen molar-refractivity contribution in [3.8, 4) is 11.5 Å². The number of fused-ring (bicyclic) bond motifs is 1. The lowest BCUT2D eigenvalue weighted by atomic mass is 9.99. The molecule has 0 atom stereocenters. The van der Waals surface area contributed by atoms with Gasteiger partial charge in [0, 0.05) is 37.0 Å². The smallest absolute Gasteiger partial charge is 0.258 e. The lowest BCUT2D eigenvalue weighted by Gasteiger charge is -2.28. The van der Waals surface area contributed by atoms with E-state index in [-0.39, 0.29) is 5.91 Å². The number of anilines is 2. The number of nitrogens with zero attached hydrogens (tertiary/aromatic N) is 1. The van der Waals surface area contributed by atoms with Crippen LogP contribution in [0.25, 0.3) is 11.3 Å². The average molecular weight is 532 g/mol. The first kappa shape index (κ1) is 26.2. The summed E-state index contributed by atoms with van der Waals surface area (Å²) in [6.45, 7) is 7.40. The molecule has 0 radical (unpaired) electrons. The lowest BCUT2D eigenvalue weighted by Crippen LogP contribution is -2.39. The molecule has 2 N–H and O–H groups in total. The van der Waals surface area contributed by atoms with E-state index in [0.29, 0.717) is 36.0 Å². The largest absolute Gasteiger partial charge is 0.616 e. The third-order valence-electron chi connectivity index (χ3n) is 6.64. The summed E-state index contributed by atoms with van der Waals surface area (Å²) in [7, 11) is 0. The van der Waals surface area contributed by atoms with E-state index < -0.39 is 11.2 Å². The van der Waals surface area contributed by atoms with Gasteiger partial charge in [-0.2, -0.15) is 0 Å². The molecular formula is C30H33N3O4S. The Morgan fingerprint density at radius 2 is 1.63 bits per heavy atom. The Labute approximate surface area is 227 Å². The summed E-state index contributed by atoms with van der Waals surface area (Å²) < 4.78 is 23.3. The maximum Gasteiger partial charge on any atom is 0.258 e. The maximum absolute atomic E-state index is 13.4. The van der Waals surface area contributed by atoms with E-state index in [1.807, 2.05) is 68.4 Å². The molecule has 0 aliphatic carbocycles. The van der Waals surface area contributed by atoms with Crippen LogP contribution >= 0.6 is 0 Å². The Hall–Kier alpha value is -3.46. The molecule has 0 aromatic heterocycles. The van der Waals surface area contributed by atoms with Crippen LogP contribution in [0.15, 0.2) is 66.7 Å². The number of amides is 1. The van der Waals surface area contributed by atoms with Crippen molar-refractivity contribution in [2.45, 2.75) is 20.4 Å². The van der Waals surface area contributed by atoms with Gasteiger partial charge in [0.05, 0.1) is 30.2 Å². The van der Waals surface area contributed by atoms with Crippen molar-refractivity contribution >= 4 is 39.7 Å². The maximum atomic E-state index is 13.4. The van der Waals surface area contributed by atoms with E-state index in [1.165, 1.54) is 5.56 Å². The van der Waals surface area contributed by atoms with Crippen molar-refractivity contribution in [3.63, 3.8) is 0 Å². The first-order chi connectivity index (χ1) is 18.6. The van der Waals surface area contributed by atoms with E-state index in [9.17, 15) is 9.35 Å². The number of rotatable bonds is 9. The highest BCUT2D eigenvalue weighted by molar-refractivity contribution is 7.91. The second-order valence-corrected chi connectivity index (χ2v) is 10.9. The van der Waals surface area contributed by atoms with Crippen molar-refractivity contribution in [1.29, 1.82) is 0 Å². The van der Waals surface area contributed by atoms with Crippen molar-refractivity contribution in [1.82, 2.24) is 4.90 Å². The summed E-state index contributed by atoms with van der Waals surface area (Å²) in [6, 6.07) is 21.9. The van der Waals surface area contributed by atoms with Crippen molar-refractivity contribution in [3.05, 3.63) is 83.4 Å². The van der Waals surface area contributed by atoms with E-state index in [2.05, 4.69) is 27.7 Å². The molecule has 2 heterocycles. The van der Waals surface area contributed by atoms with Gasteiger partial charge in [-0.25, -0.2) is 0 Å². The van der Waals surface area contributed by atoms with E-state index >= 15 is 0 Å². The summed E-state index contributed by atoms with van der Waals surface area (Å²) in [4.78, 5) is 15.7. The Morgan fingerprint density at radius 1 is 0.974 bits per heavy atom. The highest BCUT2D eigenvalue weighted by atomic mass is 32.2.